The Balaban J connectivity index is 1.50. The van der Waals surface area contributed by atoms with Gasteiger partial charge in [0.05, 0.1) is 12.1 Å². The summed E-state index contributed by atoms with van der Waals surface area (Å²) in [4.78, 5) is 22.9. The quantitative estimate of drug-likeness (QED) is 0.766. The molecule has 5 atom stereocenters. The summed E-state index contributed by atoms with van der Waals surface area (Å²) in [6, 6.07) is -0.331. The summed E-state index contributed by atoms with van der Waals surface area (Å²) in [5, 5.41) is 18.8. The molecule has 4 aliphatic rings. The second-order valence-corrected chi connectivity index (χ2v) is 8.84. The van der Waals surface area contributed by atoms with E-state index in [1.54, 1.807) is 11.8 Å². The Bertz CT molecular complexity index is 848. The first kappa shape index (κ1) is 18.9. The molecule has 29 heavy (non-hydrogen) atoms. The molecule has 3 heterocycles. The first-order chi connectivity index (χ1) is 13.6. The fraction of sp³-hybridized carbons (Fsp3) is 0.737. The van der Waals surface area contributed by atoms with Crippen molar-refractivity contribution in [2.75, 3.05) is 29.4 Å². The van der Waals surface area contributed by atoms with Gasteiger partial charge in [0.25, 0.3) is 0 Å². The number of aliphatic hydroxyl groups is 1. The van der Waals surface area contributed by atoms with Crippen molar-refractivity contribution < 1.29 is 28.2 Å². The van der Waals surface area contributed by atoms with E-state index in [-0.39, 0.29) is 54.2 Å². The summed E-state index contributed by atoms with van der Waals surface area (Å²) in [6.07, 6.45) is -3.67. The van der Waals surface area contributed by atoms with Crippen LogP contribution < -0.4 is 9.80 Å². The normalized spacial score (nSPS) is 33.5. The van der Waals surface area contributed by atoms with E-state index in [9.17, 15) is 23.1 Å². The average Bonchev–Trinajstić information content (AvgIpc) is 3.55. The van der Waals surface area contributed by atoms with Gasteiger partial charge in [-0.2, -0.15) is 18.2 Å². The Kier molecular flexibility index (Phi) is 4.04. The number of alkyl halides is 3. The van der Waals surface area contributed by atoms with Crippen LogP contribution in [-0.4, -0.2) is 57.9 Å². The van der Waals surface area contributed by atoms with Gasteiger partial charge >= 0.3 is 12.1 Å². The molecule has 2 N–H and O–H groups in total. The largest absolute Gasteiger partial charge is 0.481 e. The highest BCUT2D eigenvalue weighted by Gasteiger charge is 2.57. The standard InChI is InChI=1S/C19H23F3N4O3/c1-8-13(27)7-26(8)18-23-16(19(20,21)22)15(9-2-3-9)17(24-18)25-5-11-10(4-14(28)29)12(11)6-25/h8-13,27H,2-7H2,1H3,(H,28,29)/t8-,10-,11-,12+,13+/m0/s1. The number of aliphatic hydroxyl groups excluding tert-OH is 1. The smallest absolute Gasteiger partial charge is 0.433 e. The van der Waals surface area contributed by atoms with Crippen LogP contribution in [0.3, 0.4) is 0 Å². The lowest BCUT2D eigenvalue weighted by Gasteiger charge is -2.43. The second kappa shape index (κ2) is 6.20. The van der Waals surface area contributed by atoms with Gasteiger partial charge in [0.2, 0.25) is 5.95 Å². The molecule has 1 aromatic heterocycles. The number of carboxylic acids is 1. The molecule has 10 heteroatoms. The fourth-order valence-corrected chi connectivity index (χ4v) is 4.96. The predicted octanol–water partition coefficient (Wildman–Crippen LogP) is 2.10. The molecular weight excluding hydrogens is 389 g/mol. The Morgan fingerprint density at radius 1 is 1.17 bits per heavy atom. The highest BCUT2D eigenvalue weighted by Crippen LogP contribution is 2.56. The number of β-amino-alcohol motifs (C(OH)–C–C–N with tert-alkyl or cyclic N) is 1. The van der Waals surface area contributed by atoms with Gasteiger partial charge in [-0.3, -0.25) is 4.79 Å². The van der Waals surface area contributed by atoms with Gasteiger partial charge in [0, 0.05) is 31.6 Å². The Morgan fingerprint density at radius 2 is 1.83 bits per heavy atom. The van der Waals surface area contributed by atoms with Gasteiger partial charge < -0.3 is 20.0 Å². The van der Waals surface area contributed by atoms with Crippen LogP contribution in [0.2, 0.25) is 0 Å². The first-order valence-electron chi connectivity index (χ1n) is 10.1. The van der Waals surface area contributed by atoms with Crippen LogP contribution >= 0.6 is 0 Å². The zero-order valence-corrected chi connectivity index (χ0v) is 15.9. The van der Waals surface area contributed by atoms with E-state index in [2.05, 4.69) is 9.97 Å². The number of halogens is 3. The highest BCUT2D eigenvalue weighted by molar-refractivity contribution is 5.68. The molecule has 158 valence electrons. The van der Waals surface area contributed by atoms with Crippen molar-refractivity contribution in [3.05, 3.63) is 11.3 Å². The van der Waals surface area contributed by atoms with E-state index >= 15 is 0 Å². The average molecular weight is 412 g/mol. The van der Waals surface area contributed by atoms with Crippen LogP contribution in [-0.2, 0) is 11.0 Å². The molecule has 0 bridgehead atoms. The topological polar surface area (TPSA) is 89.8 Å². The lowest BCUT2D eigenvalue weighted by atomic mass is 10.0. The zero-order chi connectivity index (χ0) is 20.7. The van der Waals surface area contributed by atoms with Crippen molar-refractivity contribution in [3.63, 3.8) is 0 Å². The maximum absolute atomic E-state index is 13.9. The third-order valence-corrected chi connectivity index (χ3v) is 6.94. The monoisotopic (exact) mass is 412 g/mol. The van der Waals surface area contributed by atoms with E-state index in [0.29, 0.717) is 31.7 Å². The minimum atomic E-state index is -4.58. The number of carboxylic acid groups (broad SMARTS) is 1. The molecule has 0 amide bonds. The van der Waals surface area contributed by atoms with Crippen molar-refractivity contribution in [2.45, 2.75) is 50.4 Å². The van der Waals surface area contributed by atoms with Gasteiger partial charge in [0.15, 0.2) is 5.69 Å². The summed E-state index contributed by atoms with van der Waals surface area (Å²) < 4.78 is 41.7. The van der Waals surface area contributed by atoms with Gasteiger partial charge in [-0.05, 0) is 43.4 Å². The lowest BCUT2D eigenvalue weighted by molar-refractivity contribution is -0.142. The second-order valence-electron chi connectivity index (χ2n) is 8.84. The maximum atomic E-state index is 13.9. The van der Waals surface area contributed by atoms with Crippen LogP contribution in [0.1, 0.15) is 43.4 Å². The van der Waals surface area contributed by atoms with E-state index in [0.717, 1.165) is 0 Å². The molecule has 1 aromatic rings. The number of hydrogen-bond acceptors (Lipinski definition) is 6. The van der Waals surface area contributed by atoms with Crippen LogP contribution in [0, 0.1) is 17.8 Å². The predicted molar refractivity (Wildman–Crippen MR) is 96.8 cm³/mol. The van der Waals surface area contributed by atoms with E-state index in [1.807, 2.05) is 4.90 Å². The number of carbonyl (C=O) groups is 1. The van der Waals surface area contributed by atoms with Crippen molar-refractivity contribution in [2.24, 2.45) is 17.8 Å². The van der Waals surface area contributed by atoms with Crippen molar-refractivity contribution in [3.8, 4) is 0 Å². The Labute approximate surface area is 165 Å². The number of anilines is 2. The summed E-state index contributed by atoms with van der Waals surface area (Å²) in [5.74, 6) is -0.129. The SMILES string of the molecule is C[C@H]1[C@H](O)CN1c1nc(N2C[C@@H]3[C@@H](CC(=O)O)[C@@H]3C2)c(C2CC2)c(C(F)(F)F)n1. The van der Waals surface area contributed by atoms with E-state index in [1.165, 1.54) is 0 Å². The maximum Gasteiger partial charge on any atom is 0.433 e. The molecule has 0 unspecified atom stereocenters. The molecule has 4 fully saturated rings. The molecule has 5 rings (SSSR count). The van der Waals surface area contributed by atoms with Crippen LogP contribution in [0.4, 0.5) is 24.9 Å². The number of piperidine rings is 1. The lowest BCUT2D eigenvalue weighted by Crippen LogP contribution is -2.59. The van der Waals surface area contributed by atoms with Crippen LogP contribution in [0.15, 0.2) is 0 Å². The zero-order valence-electron chi connectivity index (χ0n) is 15.9. The molecular formula is C19H23F3N4O3. The van der Waals surface area contributed by atoms with Crippen molar-refractivity contribution >= 4 is 17.7 Å². The minimum absolute atomic E-state index is 0.0113. The third-order valence-electron chi connectivity index (χ3n) is 6.94. The number of rotatable bonds is 5. The molecule has 2 aliphatic carbocycles. The number of aromatic nitrogens is 2. The van der Waals surface area contributed by atoms with E-state index < -0.39 is 23.9 Å². The Hall–Kier alpha value is -2.10. The molecule has 0 aromatic carbocycles. The molecule has 2 saturated heterocycles. The summed E-state index contributed by atoms with van der Waals surface area (Å²) >= 11 is 0. The summed E-state index contributed by atoms with van der Waals surface area (Å²) in [6.45, 7) is 3.02. The van der Waals surface area contributed by atoms with Gasteiger partial charge in [-0.1, -0.05) is 0 Å². The third kappa shape index (κ3) is 3.12. The number of aliphatic carboxylic acids is 1. The molecule has 7 nitrogen and oxygen atoms in total. The molecule has 2 saturated carbocycles. The van der Waals surface area contributed by atoms with Gasteiger partial charge in [0.1, 0.15) is 5.82 Å². The fourth-order valence-electron chi connectivity index (χ4n) is 4.96. The summed E-state index contributed by atoms with van der Waals surface area (Å²) in [7, 11) is 0. The van der Waals surface area contributed by atoms with E-state index in [4.69, 9.17) is 5.11 Å². The first-order valence-corrected chi connectivity index (χ1v) is 10.1. The number of nitrogens with zero attached hydrogens (tertiary/aromatic N) is 4. The van der Waals surface area contributed by atoms with Crippen LogP contribution in [0.25, 0.3) is 0 Å². The van der Waals surface area contributed by atoms with Crippen molar-refractivity contribution in [1.82, 2.24) is 9.97 Å². The molecule has 0 spiro atoms. The molecule has 2 aliphatic heterocycles. The van der Waals surface area contributed by atoms with Crippen molar-refractivity contribution in [1.29, 1.82) is 0 Å². The summed E-state index contributed by atoms with van der Waals surface area (Å²) in [5.41, 5.74) is -0.678. The Morgan fingerprint density at radius 3 is 2.31 bits per heavy atom. The van der Waals surface area contributed by atoms with Gasteiger partial charge in [-0.15, -0.1) is 0 Å². The molecule has 0 radical (unpaired) electrons. The number of fused-ring (bicyclic) bond motifs is 1. The highest BCUT2D eigenvalue weighted by atomic mass is 19.4. The van der Waals surface area contributed by atoms with Gasteiger partial charge in [-0.25, -0.2) is 4.98 Å². The van der Waals surface area contributed by atoms with Crippen LogP contribution in [0.5, 0.6) is 0 Å². The minimum Gasteiger partial charge on any atom is -0.481 e. The number of hydrogen-bond donors (Lipinski definition) is 2.